The number of aryl methyl sites for hydroxylation is 4. The Hall–Kier alpha value is -2.10. The highest BCUT2D eigenvalue weighted by Gasteiger charge is 2.06. The molecule has 0 bridgehead atoms. The minimum absolute atomic E-state index is 0.0172. The second-order valence-corrected chi connectivity index (χ2v) is 4.81. The van der Waals surface area contributed by atoms with Gasteiger partial charge in [0.2, 0.25) is 5.91 Å². The van der Waals surface area contributed by atoms with Crippen LogP contribution in [-0.2, 0) is 11.3 Å². The van der Waals surface area contributed by atoms with Gasteiger partial charge in [-0.05, 0) is 44.0 Å². The van der Waals surface area contributed by atoms with Crippen LogP contribution in [0.4, 0.5) is 5.69 Å². The van der Waals surface area contributed by atoms with Crippen LogP contribution in [0.15, 0.2) is 30.5 Å². The van der Waals surface area contributed by atoms with Crippen LogP contribution in [0, 0.1) is 20.8 Å². The number of aromatic nitrogens is 2. The van der Waals surface area contributed by atoms with E-state index >= 15 is 0 Å². The van der Waals surface area contributed by atoms with Gasteiger partial charge in [-0.2, -0.15) is 5.10 Å². The van der Waals surface area contributed by atoms with E-state index in [1.807, 2.05) is 49.7 Å². The number of nitrogens with one attached hydrogen (secondary N) is 1. The summed E-state index contributed by atoms with van der Waals surface area (Å²) >= 11 is 0. The van der Waals surface area contributed by atoms with E-state index in [0.29, 0.717) is 13.0 Å². The Labute approximate surface area is 113 Å². The predicted octanol–water partition coefficient (Wildman–Crippen LogP) is 2.84. The molecule has 1 N–H and O–H groups in total. The molecule has 0 atom stereocenters. The van der Waals surface area contributed by atoms with Gasteiger partial charge < -0.3 is 5.32 Å². The van der Waals surface area contributed by atoms with Gasteiger partial charge in [0.1, 0.15) is 0 Å². The summed E-state index contributed by atoms with van der Waals surface area (Å²) in [4.78, 5) is 11.9. The molecule has 0 radical (unpaired) electrons. The van der Waals surface area contributed by atoms with E-state index in [0.717, 1.165) is 22.5 Å². The van der Waals surface area contributed by atoms with Crippen molar-refractivity contribution in [3.63, 3.8) is 0 Å². The molecule has 4 nitrogen and oxygen atoms in total. The summed E-state index contributed by atoms with van der Waals surface area (Å²) in [5.41, 5.74) is 4.18. The number of nitrogens with zero attached hydrogens (tertiary/aromatic N) is 2. The van der Waals surface area contributed by atoms with Crippen LogP contribution in [0.2, 0.25) is 0 Å². The molecule has 4 heteroatoms. The van der Waals surface area contributed by atoms with Crippen LogP contribution in [-0.4, -0.2) is 15.7 Å². The van der Waals surface area contributed by atoms with Gasteiger partial charge in [0.25, 0.3) is 0 Å². The smallest absolute Gasteiger partial charge is 0.226 e. The second-order valence-electron chi connectivity index (χ2n) is 4.81. The minimum atomic E-state index is 0.0172. The Bertz CT molecular complexity index is 587. The Morgan fingerprint density at radius 3 is 2.74 bits per heavy atom. The third-order valence-electron chi connectivity index (χ3n) is 3.15. The molecule has 1 aromatic heterocycles. The number of anilines is 1. The van der Waals surface area contributed by atoms with Crippen LogP contribution in [0.1, 0.15) is 23.2 Å². The topological polar surface area (TPSA) is 46.9 Å². The molecule has 1 aromatic carbocycles. The number of hydrogen-bond acceptors (Lipinski definition) is 2. The molecule has 100 valence electrons. The lowest BCUT2D eigenvalue weighted by Crippen LogP contribution is -2.16. The summed E-state index contributed by atoms with van der Waals surface area (Å²) in [6.45, 7) is 6.60. The van der Waals surface area contributed by atoms with Crippen molar-refractivity contribution < 1.29 is 4.79 Å². The van der Waals surface area contributed by atoms with Gasteiger partial charge in [0.15, 0.2) is 0 Å². The third kappa shape index (κ3) is 3.44. The molecule has 19 heavy (non-hydrogen) atoms. The number of carbonyl (C=O) groups excluding carboxylic acids is 1. The summed E-state index contributed by atoms with van der Waals surface area (Å²) < 4.78 is 1.84. The Balaban J connectivity index is 1.94. The molecule has 1 heterocycles. The van der Waals surface area contributed by atoms with E-state index < -0.39 is 0 Å². The molecule has 0 spiro atoms. The van der Waals surface area contributed by atoms with Crippen molar-refractivity contribution in [1.29, 1.82) is 0 Å². The maximum Gasteiger partial charge on any atom is 0.226 e. The first kappa shape index (κ1) is 13.3. The van der Waals surface area contributed by atoms with Crippen molar-refractivity contribution in [2.24, 2.45) is 0 Å². The maximum absolute atomic E-state index is 11.9. The fourth-order valence-corrected chi connectivity index (χ4v) is 1.92. The van der Waals surface area contributed by atoms with Crippen LogP contribution >= 0.6 is 0 Å². The number of carbonyl (C=O) groups is 1. The zero-order chi connectivity index (χ0) is 13.8. The molecule has 2 rings (SSSR count). The summed E-state index contributed by atoms with van der Waals surface area (Å²) in [6, 6.07) is 7.98. The molecule has 0 unspecified atom stereocenters. The summed E-state index contributed by atoms with van der Waals surface area (Å²) in [6.07, 6.45) is 2.17. The lowest BCUT2D eigenvalue weighted by Gasteiger charge is -2.10. The molecular weight excluding hydrogens is 238 g/mol. The largest absolute Gasteiger partial charge is 0.326 e. The number of benzene rings is 1. The molecule has 0 saturated heterocycles. The predicted molar refractivity (Wildman–Crippen MR) is 76.1 cm³/mol. The van der Waals surface area contributed by atoms with Crippen molar-refractivity contribution in [2.75, 3.05) is 5.32 Å². The van der Waals surface area contributed by atoms with Crippen molar-refractivity contribution >= 4 is 11.6 Å². The quantitative estimate of drug-likeness (QED) is 0.915. The number of hydrogen-bond donors (Lipinski definition) is 1. The number of rotatable bonds is 4. The first-order valence-electron chi connectivity index (χ1n) is 6.42. The summed E-state index contributed by atoms with van der Waals surface area (Å²) in [5.74, 6) is 0.0172. The van der Waals surface area contributed by atoms with Gasteiger partial charge in [-0.1, -0.05) is 12.1 Å². The fourth-order valence-electron chi connectivity index (χ4n) is 1.92. The van der Waals surface area contributed by atoms with Crippen LogP contribution in [0.5, 0.6) is 0 Å². The maximum atomic E-state index is 11.9. The SMILES string of the molecule is Cc1ccc(C)c(NC(=O)CCn2nccc2C)c1. The van der Waals surface area contributed by atoms with Crippen molar-refractivity contribution in [3.8, 4) is 0 Å². The highest BCUT2D eigenvalue weighted by atomic mass is 16.1. The molecule has 0 saturated carbocycles. The van der Waals surface area contributed by atoms with Crippen LogP contribution in [0.3, 0.4) is 0 Å². The van der Waals surface area contributed by atoms with E-state index in [9.17, 15) is 4.79 Å². The molecule has 0 aliphatic rings. The van der Waals surface area contributed by atoms with Crippen molar-refractivity contribution in [3.05, 3.63) is 47.3 Å². The minimum Gasteiger partial charge on any atom is -0.326 e. The lowest BCUT2D eigenvalue weighted by molar-refractivity contribution is -0.116. The van der Waals surface area contributed by atoms with Crippen LogP contribution in [0.25, 0.3) is 0 Å². The van der Waals surface area contributed by atoms with E-state index in [1.165, 1.54) is 0 Å². The third-order valence-corrected chi connectivity index (χ3v) is 3.15. The Morgan fingerprint density at radius 1 is 1.26 bits per heavy atom. The monoisotopic (exact) mass is 257 g/mol. The molecule has 2 aromatic rings. The van der Waals surface area contributed by atoms with E-state index in [4.69, 9.17) is 0 Å². The zero-order valence-corrected chi connectivity index (χ0v) is 11.6. The van der Waals surface area contributed by atoms with Gasteiger partial charge in [0, 0.05) is 30.5 Å². The summed E-state index contributed by atoms with van der Waals surface area (Å²) in [5, 5.41) is 7.12. The standard InChI is InChI=1S/C15H19N3O/c1-11-4-5-12(2)14(10-11)17-15(19)7-9-18-13(3)6-8-16-18/h4-6,8,10H,7,9H2,1-3H3,(H,17,19). The average molecular weight is 257 g/mol. The van der Waals surface area contributed by atoms with Gasteiger partial charge in [-0.3, -0.25) is 9.48 Å². The lowest BCUT2D eigenvalue weighted by atomic mass is 10.1. The van der Waals surface area contributed by atoms with E-state index in [2.05, 4.69) is 10.4 Å². The first-order chi connectivity index (χ1) is 9.06. The van der Waals surface area contributed by atoms with Gasteiger partial charge in [-0.25, -0.2) is 0 Å². The molecule has 0 aliphatic heterocycles. The molecular formula is C15H19N3O. The normalized spacial score (nSPS) is 10.5. The fraction of sp³-hybridized carbons (Fsp3) is 0.333. The van der Waals surface area contributed by atoms with Crippen molar-refractivity contribution in [2.45, 2.75) is 33.7 Å². The van der Waals surface area contributed by atoms with Crippen molar-refractivity contribution in [1.82, 2.24) is 9.78 Å². The molecule has 0 fully saturated rings. The molecule has 1 amide bonds. The average Bonchev–Trinajstić information content (AvgIpc) is 2.77. The van der Waals surface area contributed by atoms with Crippen LogP contribution < -0.4 is 5.32 Å². The second kappa shape index (κ2) is 5.69. The zero-order valence-electron chi connectivity index (χ0n) is 11.6. The summed E-state index contributed by atoms with van der Waals surface area (Å²) in [7, 11) is 0. The van der Waals surface area contributed by atoms with Gasteiger partial charge in [0.05, 0.1) is 0 Å². The first-order valence-corrected chi connectivity index (χ1v) is 6.42. The number of amides is 1. The molecule has 0 aliphatic carbocycles. The Kier molecular flexibility index (Phi) is 4.00. The Morgan fingerprint density at radius 2 is 2.05 bits per heavy atom. The van der Waals surface area contributed by atoms with E-state index in [1.54, 1.807) is 6.20 Å². The highest BCUT2D eigenvalue weighted by molar-refractivity contribution is 5.91. The van der Waals surface area contributed by atoms with Gasteiger partial charge >= 0.3 is 0 Å². The highest BCUT2D eigenvalue weighted by Crippen LogP contribution is 2.16. The van der Waals surface area contributed by atoms with Gasteiger partial charge in [-0.15, -0.1) is 0 Å². The van der Waals surface area contributed by atoms with E-state index in [-0.39, 0.29) is 5.91 Å².